The molecule has 36 heavy (non-hydrogen) atoms. The Kier molecular flexibility index (Phi) is 8.44. The maximum Gasteiger partial charge on any atom is 0.342 e. The Hall–Kier alpha value is -2.94. The molecule has 0 radical (unpaired) electrons. The monoisotopic (exact) mass is 516 g/mol. The highest BCUT2D eigenvalue weighted by Gasteiger charge is 2.37. The summed E-state index contributed by atoms with van der Waals surface area (Å²) in [6.07, 6.45) is 2.44. The third kappa shape index (κ3) is 6.63. The molecule has 1 aromatic carbocycles. The lowest BCUT2D eigenvalue weighted by Crippen LogP contribution is -2.42. The SMILES string of the molecule is C=C(OC(C)C)C(C)(C)NP(=O)(CO[C@H](C)Cn1cnc2c(N)ncnc21)Oc1c(C)cccc1C. The molecule has 0 aliphatic heterocycles. The highest BCUT2D eigenvalue weighted by atomic mass is 31.2. The number of nitrogens with zero attached hydrogens (tertiary/aromatic N) is 4. The normalized spacial score (nSPS) is 14.6. The fraction of sp³-hybridized carbons (Fsp3) is 0.480. The lowest BCUT2D eigenvalue weighted by Gasteiger charge is -2.34. The van der Waals surface area contributed by atoms with Crippen molar-refractivity contribution in [1.29, 1.82) is 0 Å². The van der Waals surface area contributed by atoms with Gasteiger partial charge in [-0.1, -0.05) is 24.8 Å². The van der Waals surface area contributed by atoms with E-state index in [-0.39, 0.29) is 18.6 Å². The molecule has 11 heteroatoms. The third-order valence-electron chi connectivity index (χ3n) is 5.58. The second-order valence-corrected chi connectivity index (χ2v) is 11.8. The van der Waals surface area contributed by atoms with Gasteiger partial charge in [0, 0.05) is 0 Å². The van der Waals surface area contributed by atoms with Gasteiger partial charge in [0.25, 0.3) is 0 Å². The van der Waals surface area contributed by atoms with E-state index in [0.717, 1.165) is 11.1 Å². The minimum atomic E-state index is -3.60. The molecule has 2 atom stereocenters. The van der Waals surface area contributed by atoms with Crippen molar-refractivity contribution in [3.8, 4) is 5.75 Å². The van der Waals surface area contributed by atoms with E-state index in [1.54, 1.807) is 6.33 Å². The van der Waals surface area contributed by atoms with Gasteiger partial charge in [-0.25, -0.2) is 20.0 Å². The van der Waals surface area contributed by atoms with E-state index in [0.29, 0.717) is 35.0 Å². The molecule has 3 N–H and O–H groups in total. The molecule has 0 saturated carbocycles. The predicted octanol–water partition coefficient (Wildman–Crippen LogP) is 4.97. The summed E-state index contributed by atoms with van der Waals surface area (Å²) in [6.45, 7) is 17.7. The van der Waals surface area contributed by atoms with Crippen molar-refractivity contribution in [2.24, 2.45) is 0 Å². The highest BCUT2D eigenvalue weighted by molar-refractivity contribution is 7.57. The van der Waals surface area contributed by atoms with E-state index < -0.39 is 13.1 Å². The van der Waals surface area contributed by atoms with Crippen LogP contribution in [0, 0.1) is 13.8 Å². The Morgan fingerprint density at radius 3 is 2.50 bits per heavy atom. The van der Waals surface area contributed by atoms with Crippen LogP contribution >= 0.6 is 7.52 Å². The van der Waals surface area contributed by atoms with E-state index >= 15 is 0 Å². The summed E-state index contributed by atoms with van der Waals surface area (Å²) in [5, 5.41) is 3.16. The molecule has 2 aromatic heterocycles. The first kappa shape index (κ1) is 27.6. The van der Waals surface area contributed by atoms with Gasteiger partial charge in [0.05, 0.1) is 30.6 Å². The average molecular weight is 517 g/mol. The minimum Gasteiger partial charge on any atom is -0.494 e. The minimum absolute atomic E-state index is 0.0726. The zero-order valence-corrected chi connectivity index (χ0v) is 23.0. The van der Waals surface area contributed by atoms with Crippen LogP contribution in [0.2, 0.25) is 0 Å². The summed E-state index contributed by atoms with van der Waals surface area (Å²) in [5.74, 6) is 1.33. The molecule has 3 aromatic rings. The van der Waals surface area contributed by atoms with Gasteiger partial charge >= 0.3 is 7.52 Å². The number of anilines is 1. The van der Waals surface area contributed by atoms with Crippen LogP contribution in [0.15, 0.2) is 43.2 Å². The number of hydrogen-bond acceptors (Lipinski definition) is 8. The number of hydrogen-bond donors (Lipinski definition) is 2. The molecule has 3 rings (SSSR count). The Balaban J connectivity index is 1.81. The highest BCUT2D eigenvalue weighted by Crippen LogP contribution is 2.48. The topological polar surface area (TPSA) is 126 Å². The van der Waals surface area contributed by atoms with Gasteiger partial charge < -0.3 is 24.3 Å². The smallest absolute Gasteiger partial charge is 0.342 e. The Morgan fingerprint density at radius 2 is 1.86 bits per heavy atom. The van der Waals surface area contributed by atoms with Crippen LogP contribution in [0.25, 0.3) is 11.2 Å². The number of para-hydroxylation sites is 1. The van der Waals surface area contributed by atoms with Gasteiger partial charge in [-0.05, 0) is 59.6 Å². The summed E-state index contributed by atoms with van der Waals surface area (Å²) in [5.41, 5.74) is 7.93. The number of fused-ring (bicyclic) bond motifs is 1. The Labute approximate surface area is 212 Å². The summed E-state index contributed by atoms with van der Waals surface area (Å²) in [6, 6.07) is 5.77. The molecule has 196 valence electrons. The van der Waals surface area contributed by atoms with Gasteiger partial charge in [0.1, 0.15) is 29.7 Å². The first-order valence-electron chi connectivity index (χ1n) is 11.8. The van der Waals surface area contributed by atoms with Crippen LogP contribution < -0.4 is 15.3 Å². The molecule has 0 spiro atoms. The second-order valence-electron chi connectivity index (χ2n) is 9.75. The van der Waals surface area contributed by atoms with Crippen LogP contribution in [0.3, 0.4) is 0 Å². The number of aromatic nitrogens is 4. The van der Waals surface area contributed by atoms with Gasteiger partial charge in [-0.2, -0.15) is 0 Å². The molecule has 0 fully saturated rings. The van der Waals surface area contributed by atoms with Crippen molar-refractivity contribution in [3.05, 3.63) is 54.3 Å². The molecular formula is C25H37N6O4P. The fourth-order valence-electron chi connectivity index (χ4n) is 3.68. The maximum atomic E-state index is 14.2. The van der Waals surface area contributed by atoms with Crippen molar-refractivity contribution in [2.45, 2.75) is 72.8 Å². The first-order chi connectivity index (χ1) is 16.8. The molecule has 10 nitrogen and oxygen atoms in total. The van der Waals surface area contributed by atoms with Crippen LogP contribution in [0.4, 0.5) is 5.82 Å². The van der Waals surface area contributed by atoms with Crippen molar-refractivity contribution in [1.82, 2.24) is 24.6 Å². The summed E-state index contributed by atoms with van der Waals surface area (Å²) in [7, 11) is -3.60. The summed E-state index contributed by atoms with van der Waals surface area (Å²) < 4.78 is 34.1. The van der Waals surface area contributed by atoms with E-state index in [2.05, 4.69) is 26.6 Å². The predicted molar refractivity (Wildman–Crippen MR) is 142 cm³/mol. The average Bonchev–Trinajstić information content (AvgIpc) is 3.18. The zero-order valence-electron chi connectivity index (χ0n) is 22.1. The molecular weight excluding hydrogens is 479 g/mol. The molecule has 0 aliphatic rings. The fourth-order valence-corrected chi connectivity index (χ4v) is 5.85. The Bertz CT molecular complexity index is 1250. The van der Waals surface area contributed by atoms with Gasteiger partial charge in [-0.3, -0.25) is 4.57 Å². The van der Waals surface area contributed by atoms with E-state index in [4.69, 9.17) is 19.7 Å². The maximum absolute atomic E-state index is 14.2. The number of nitrogens with two attached hydrogens (primary N) is 1. The zero-order chi connectivity index (χ0) is 26.7. The van der Waals surface area contributed by atoms with Gasteiger partial charge in [0.2, 0.25) is 0 Å². The largest absolute Gasteiger partial charge is 0.494 e. The molecule has 2 heterocycles. The van der Waals surface area contributed by atoms with Crippen molar-refractivity contribution < 1.29 is 18.6 Å². The first-order valence-corrected chi connectivity index (χ1v) is 13.7. The summed E-state index contributed by atoms with van der Waals surface area (Å²) >= 11 is 0. The van der Waals surface area contributed by atoms with E-state index in [1.165, 1.54) is 6.33 Å². The molecule has 0 aliphatic carbocycles. The standard InChI is InChI=1S/C25H37N6O4P/c1-16(2)34-20(6)25(7,8)30-36(32,35-22-17(3)10-9-11-18(22)4)15-33-19(5)12-31-14-29-21-23(26)27-13-28-24(21)31/h9-11,13-14,16,19H,6,12,15H2,1-5,7-8H3,(H,30,32)(H2,26,27,28)/t19-,36?/m1/s1. The van der Waals surface area contributed by atoms with Crippen LogP contribution in [0.1, 0.15) is 45.7 Å². The Morgan fingerprint density at radius 1 is 1.19 bits per heavy atom. The van der Waals surface area contributed by atoms with E-state index in [9.17, 15) is 4.57 Å². The molecule has 0 bridgehead atoms. The lowest BCUT2D eigenvalue weighted by atomic mass is 10.1. The van der Waals surface area contributed by atoms with Crippen molar-refractivity contribution >= 4 is 24.5 Å². The van der Waals surface area contributed by atoms with Gasteiger partial charge in [0.15, 0.2) is 11.5 Å². The van der Waals surface area contributed by atoms with Crippen LogP contribution in [-0.4, -0.2) is 43.6 Å². The number of nitrogen functional groups attached to an aromatic ring is 1. The number of ether oxygens (including phenoxy) is 2. The van der Waals surface area contributed by atoms with Crippen LogP contribution in [0.5, 0.6) is 5.75 Å². The molecule has 1 unspecified atom stereocenters. The lowest BCUT2D eigenvalue weighted by molar-refractivity contribution is 0.0799. The third-order valence-corrected chi connectivity index (χ3v) is 7.45. The van der Waals surface area contributed by atoms with Gasteiger partial charge in [-0.15, -0.1) is 0 Å². The quantitative estimate of drug-likeness (QED) is 0.253. The van der Waals surface area contributed by atoms with Crippen molar-refractivity contribution in [3.63, 3.8) is 0 Å². The van der Waals surface area contributed by atoms with E-state index in [1.807, 2.05) is 71.2 Å². The second kappa shape index (κ2) is 11.0. The number of benzene rings is 1. The summed E-state index contributed by atoms with van der Waals surface area (Å²) in [4.78, 5) is 12.5. The number of aryl methyl sites for hydroxylation is 2. The number of imidazole rings is 1. The van der Waals surface area contributed by atoms with Crippen LogP contribution in [-0.2, 0) is 20.6 Å². The molecule has 0 saturated heterocycles. The number of rotatable bonds is 12. The van der Waals surface area contributed by atoms with Crippen molar-refractivity contribution in [2.75, 3.05) is 12.1 Å². The number of nitrogens with one attached hydrogen (secondary N) is 1. The molecule has 0 amide bonds.